The topological polar surface area (TPSA) is 61.7 Å². The molecule has 0 aromatic heterocycles. The van der Waals surface area contributed by atoms with Crippen molar-refractivity contribution in [2.24, 2.45) is 5.10 Å². The number of aromatic hydroxyl groups is 1. The second-order valence-corrected chi connectivity index (χ2v) is 4.76. The van der Waals surface area contributed by atoms with Crippen LogP contribution in [-0.4, -0.2) is 17.2 Å². The number of nitrogens with zero attached hydrogens (tertiary/aromatic N) is 1. The number of nitrogens with one attached hydrogen (secondary N) is 1. The number of benzene rings is 2. The summed E-state index contributed by atoms with van der Waals surface area (Å²) in [6.07, 6.45) is -3.29. The number of amides is 1. The number of alkyl halides is 3. The van der Waals surface area contributed by atoms with Crippen LogP contribution in [0.3, 0.4) is 0 Å². The van der Waals surface area contributed by atoms with Crippen LogP contribution in [0.5, 0.6) is 5.75 Å². The largest absolute Gasteiger partial charge is 0.508 e. The molecule has 0 bridgehead atoms. The number of hydrogen-bond donors (Lipinski definition) is 2. The van der Waals surface area contributed by atoms with Crippen molar-refractivity contribution in [1.82, 2.24) is 5.43 Å². The van der Waals surface area contributed by atoms with Crippen LogP contribution >= 0.6 is 0 Å². The van der Waals surface area contributed by atoms with Crippen molar-refractivity contribution >= 4 is 12.1 Å². The highest BCUT2D eigenvalue weighted by molar-refractivity contribution is 5.83. The molecule has 0 unspecified atom stereocenters. The zero-order valence-electron chi connectivity index (χ0n) is 11.8. The Labute approximate surface area is 130 Å². The summed E-state index contributed by atoms with van der Waals surface area (Å²) in [6, 6.07) is 10.7. The first kappa shape index (κ1) is 16.5. The molecule has 1 amide bonds. The number of halogens is 3. The van der Waals surface area contributed by atoms with Crippen molar-refractivity contribution in [3.63, 3.8) is 0 Å². The van der Waals surface area contributed by atoms with Crippen LogP contribution in [0.15, 0.2) is 53.6 Å². The molecule has 0 heterocycles. The van der Waals surface area contributed by atoms with Crippen LogP contribution in [0.25, 0.3) is 0 Å². The SMILES string of the molecule is O=C(Cc1cccc(C(F)(F)F)c1)N/N=C/c1ccc(O)cc1. The molecule has 0 aliphatic heterocycles. The third kappa shape index (κ3) is 5.14. The average Bonchev–Trinajstić information content (AvgIpc) is 2.49. The standard InChI is InChI=1S/C16H13F3N2O2/c17-16(18,19)13-3-1-2-12(8-13)9-15(23)21-20-10-11-4-6-14(22)7-5-11/h1-8,10,22H,9H2,(H,21,23)/b20-10+. The second-order valence-electron chi connectivity index (χ2n) is 4.76. The lowest BCUT2D eigenvalue weighted by atomic mass is 10.1. The summed E-state index contributed by atoms with van der Waals surface area (Å²) in [7, 11) is 0. The van der Waals surface area contributed by atoms with E-state index in [2.05, 4.69) is 10.5 Å². The minimum Gasteiger partial charge on any atom is -0.508 e. The Morgan fingerprint density at radius 3 is 2.52 bits per heavy atom. The molecule has 4 nitrogen and oxygen atoms in total. The Bertz CT molecular complexity index is 710. The van der Waals surface area contributed by atoms with Crippen LogP contribution < -0.4 is 5.43 Å². The molecule has 0 radical (unpaired) electrons. The van der Waals surface area contributed by atoms with Gasteiger partial charge in [0.05, 0.1) is 18.2 Å². The first-order chi connectivity index (χ1) is 10.8. The Balaban J connectivity index is 1.93. The Kier molecular flexibility index (Phi) is 5.00. The number of hydrazone groups is 1. The van der Waals surface area contributed by atoms with Gasteiger partial charge >= 0.3 is 6.18 Å². The zero-order valence-corrected chi connectivity index (χ0v) is 11.8. The first-order valence-corrected chi connectivity index (χ1v) is 6.61. The molecule has 120 valence electrons. The molecular weight excluding hydrogens is 309 g/mol. The number of phenolic OH excluding ortho intramolecular Hbond substituents is 1. The van der Waals surface area contributed by atoms with Crippen molar-refractivity contribution in [2.75, 3.05) is 0 Å². The minimum absolute atomic E-state index is 0.107. The molecule has 0 aliphatic carbocycles. The number of carbonyl (C=O) groups is 1. The molecule has 2 rings (SSSR count). The Hall–Kier alpha value is -2.83. The first-order valence-electron chi connectivity index (χ1n) is 6.61. The average molecular weight is 322 g/mol. The molecular formula is C16H13F3N2O2. The predicted molar refractivity (Wildman–Crippen MR) is 79.0 cm³/mol. The summed E-state index contributed by atoms with van der Waals surface area (Å²) < 4.78 is 37.7. The van der Waals surface area contributed by atoms with Crippen molar-refractivity contribution in [3.05, 3.63) is 65.2 Å². The molecule has 2 aromatic carbocycles. The van der Waals surface area contributed by atoms with E-state index in [1.54, 1.807) is 12.1 Å². The highest BCUT2D eigenvalue weighted by Crippen LogP contribution is 2.29. The summed E-state index contributed by atoms with van der Waals surface area (Å²) in [5.74, 6) is -0.421. The van der Waals surface area contributed by atoms with Crippen molar-refractivity contribution in [1.29, 1.82) is 0 Å². The summed E-state index contributed by atoms with van der Waals surface area (Å²) in [5.41, 5.74) is 2.35. The minimum atomic E-state index is -4.44. The van der Waals surface area contributed by atoms with Gasteiger partial charge in [0.2, 0.25) is 5.91 Å². The lowest BCUT2D eigenvalue weighted by Gasteiger charge is -2.08. The lowest BCUT2D eigenvalue weighted by molar-refractivity contribution is -0.137. The zero-order chi connectivity index (χ0) is 16.9. The molecule has 2 aromatic rings. The molecule has 0 atom stereocenters. The fraction of sp³-hybridized carbons (Fsp3) is 0.125. The van der Waals surface area contributed by atoms with Crippen LogP contribution in [-0.2, 0) is 17.4 Å². The third-order valence-corrected chi connectivity index (χ3v) is 2.91. The summed E-state index contributed by atoms with van der Waals surface area (Å²) in [5, 5.41) is 12.8. The third-order valence-electron chi connectivity index (χ3n) is 2.91. The number of rotatable bonds is 4. The number of phenols is 1. The van der Waals surface area contributed by atoms with Crippen molar-refractivity contribution in [2.45, 2.75) is 12.6 Å². The van der Waals surface area contributed by atoms with Gasteiger partial charge in [0.15, 0.2) is 0 Å². The lowest BCUT2D eigenvalue weighted by Crippen LogP contribution is -2.20. The van der Waals surface area contributed by atoms with Gasteiger partial charge in [0, 0.05) is 0 Å². The molecule has 0 saturated heterocycles. The van der Waals surface area contributed by atoms with Crippen LogP contribution in [0.2, 0.25) is 0 Å². The second kappa shape index (κ2) is 6.95. The molecule has 0 fully saturated rings. The molecule has 23 heavy (non-hydrogen) atoms. The fourth-order valence-electron chi connectivity index (χ4n) is 1.82. The predicted octanol–water partition coefficient (Wildman–Crippen LogP) is 3.10. The fourth-order valence-corrected chi connectivity index (χ4v) is 1.82. The van der Waals surface area contributed by atoms with E-state index in [1.807, 2.05) is 0 Å². The van der Waals surface area contributed by atoms with E-state index in [4.69, 9.17) is 5.11 Å². The Morgan fingerprint density at radius 1 is 1.17 bits per heavy atom. The van der Waals surface area contributed by atoms with E-state index in [0.717, 1.165) is 12.1 Å². The van der Waals surface area contributed by atoms with Gasteiger partial charge in [-0.2, -0.15) is 18.3 Å². The highest BCUT2D eigenvalue weighted by Gasteiger charge is 2.30. The van der Waals surface area contributed by atoms with Gasteiger partial charge < -0.3 is 5.11 Å². The molecule has 0 saturated carbocycles. The van der Waals surface area contributed by atoms with Crippen molar-refractivity contribution in [3.8, 4) is 5.75 Å². The van der Waals surface area contributed by atoms with E-state index in [-0.39, 0.29) is 17.7 Å². The number of carbonyl (C=O) groups excluding carboxylic acids is 1. The van der Waals surface area contributed by atoms with Crippen LogP contribution in [0.1, 0.15) is 16.7 Å². The molecule has 0 aliphatic rings. The van der Waals surface area contributed by atoms with E-state index in [9.17, 15) is 18.0 Å². The molecule has 7 heteroatoms. The van der Waals surface area contributed by atoms with Crippen LogP contribution in [0, 0.1) is 0 Å². The maximum Gasteiger partial charge on any atom is 0.416 e. The van der Waals surface area contributed by atoms with Gasteiger partial charge in [0.25, 0.3) is 0 Å². The normalized spacial score (nSPS) is 11.6. The summed E-state index contributed by atoms with van der Waals surface area (Å²) in [6.45, 7) is 0. The highest BCUT2D eigenvalue weighted by atomic mass is 19.4. The van der Waals surface area contributed by atoms with Gasteiger partial charge in [-0.3, -0.25) is 4.79 Å². The summed E-state index contributed by atoms with van der Waals surface area (Å²) in [4.78, 5) is 11.7. The van der Waals surface area contributed by atoms with Gasteiger partial charge in [0.1, 0.15) is 5.75 Å². The summed E-state index contributed by atoms with van der Waals surface area (Å²) >= 11 is 0. The van der Waals surface area contributed by atoms with E-state index in [1.165, 1.54) is 30.5 Å². The van der Waals surface area contributed by atoms with Gasteiger partial charge in [-0.15, -0.1) is 0 Å². The van der Waals surface area contributed by atoms with E-state index >= 15 is 0 Å². The Morgan fingerprint density at radius 2 is 1.87 bits per heavy atom. The maximum absolute atomic E-state index is 12.6. The monoisotopic (exact) mass is 322 g/mol. The van der Waals surface area contributed by atoms with Gasteiger partial charge in [-0.05, 0) is 41.5 Å². The number of hydrogen-bond acceptors (Lipinski definition) is 3. The smallest absolute Gasteiger partial charge is 0.416 e. The van der Waals surface area contributed by atoms with Gasteiger partial charge in [-0.1, -0.05) is 18.2 Å². The maximum atomic E-state index is 12.6. The molecule has 0 spiro atoms. The van der Waals surface area contributed by atoms with E-state index in [0.29, 0.717) is 5.56 Å². The van der Waals surface area contributed by atoms with Crippen LogP contribution in [0.4, 0.5) is 13.2 Å². The quantitative estimate of drug-likeness (QED) is 0.671. The van der Waals surface area contributed by atoms with E-state index < -0.39 is 17.6 Å². The molecule has 2 N–H and O–H groups in total. The van der Waals surface area contributed by atoms with Crippen molar-refractivity contribution < 1.29 is 23.1 Å². The van der Waals surface area contributed by atoms with Gasteiger partial charge in [-0.25, -0.2) is 5.43 Å².